The number of ether oxygens (including phenoxy) is 1. The highest BCUT2D eigenvalue weighted by atomic mass is 16.5. The Kier molecular flexibility index (Phi) is 7.96. The molecule has 2 aromatic carbocycles. The summed E-state index contributed by atoms with van der Waals surface area (Å²) in [6.45, 7) is 8.55. The van der Waals surface area contributed by atoms with Crippen LogP contribution in [0.15, 0.2) is 68.7 Å². The lowest BCUT2D eigenvalue weighted by Crippen LogP contribution is -2.28. The lowest BCUT2D eigenvalue weighted by atomic mass is 9.94. The molecule has 4 aromatic rings. The van der Waals surface area contributed by atoms with E-state index in [0.717, 1.165) is 76.2 Å². The van der Waals surface area contributed by atoms with Gasteiger partial charge in [-0.1, -0.05) is 54.9 Å². The zero-order chi connectivity index (χ0) is 28.2. The quantitative estimate of drug-likeness (QED) is 0.279. The van der Waals surface area contributed by atoms with E-state index in [1.54, 1.807) is 4.57 Å². The normalized spacial score (nSPS) is 13.4. The predicted octanol–water partition coefficient (Wildman–Crippen LogP) is 5.59. The summed E-state index contributed by atoms with van der Waals surface area (Å²) in [5, 5.41) is 3.85. The Balaban J connectivity index is 1.50. The second kappa shape index (κ2) is 11.7. The molecule has 2 aromatic heterocycles. The summed E-state index contributed by atoms with van der Waals surface area (Å²) in [5.74, 6) is 1.37. The molecule has 1 N–H and O–H groups in total. The van der Waals surface area contributed by atoms with Crippen LogP contribution in [0.25, 0.3) is 16.8 Å². The number of hydrogen-bond donors (Lipinski definition) is 1. The van der Waals surface area contributed by atoms with Crippen molar-refractivity contribution < 1.29 is 9.26 Å². The van der Waals surface area contributed by atoms with Crippen molar-refractivity contribution in [2.24, 2.45) is 0 Å². The fourth-order valence-corrected chi connectivity index (χ4v) is 5.31. The first-order valence-corrected chi connectivity index (χ1v) is 13.8. The number of aryl methyl sites for hydroxylation is 2. The molecule has 0 bridgehead atoms. The molecule has 0 atom stereocenters. The zero-order valence-electron chi connectivity index (χ0n) is 23.4. The van der Waals surface area contributed by atoms with Gasteiger partial charge in [-0.15, -0.1) is 0 Å². The molecule has 0 saturated carbocycles. The van der Waals surface area contributed by atoms with Crippen LogP contribution in [0.5, 0.6) is 5.75 Å². The zero-order valence-corrected chi connectivity index (χ0v) is 23.4. The van der Waals surface area contributed by atoms with E-state index in [0.29, 0.717) is 24.7 Å². The average molecular weight is 539 g/mol. The van der Waals surface area contributed by atoms with Crippen LogP contribution in [0, 0.1) is 6.92 Å². The first-order valence-electron chi connectivity index (χ1n) is 13.8. The maximum absolute atomic E-state index is 14.0. The maximum Gasteiger partial charge on any atom is 0.439 e. The van der Waals surface area contributed by atoms with E-state index in [-0.39, 0.29) is 5.56 Å². The summed E-state index contributed by atoms with van der Waals surface area (Å²) in [7, 11) is 0. The Hall–Kier alpha value is -4.46. The van der Waals surface area contributed by atoms with E-state index in [9.17, 15) is 9.59 Å². The summed E-state index contributed by atoms with van der Waals surface area (Å²) in [5.41, 5.74) is 7.18. The molecule has 0 aliphatic carbocycles. The number of nitrogens with one attached hydrogen (secondary N) is 1. The van der Waals surface area contributed by atoms with Crippen LogP contribution in [-0.2, 0) is 19.3 Å². The van der Waals surface area contributed by atoms with Crippen molar-refractivity contribution in [1.29, 1.82) is 0 Å². The van der Waals surface area contributed by atoms with Gasteiger partial charge in [0.05, 0.1) is 18.0 Å². The number of aromatic nitrogens is 4. The van der Waals surface area contributed by atoms with Gasteiger partial charge in [0.1, 0.15) is 11.6 Å². The number of allylic oxidation sites excluding steroid dienone is 4. The third-order valence-electron chi connectivity index (χ3n) is 7.34. The molecular formula is C32H34N4O4. The van der Waals surface area contributed by atoms with Crippen molar-refractivity contribution in [2.45, 2.75) is 59.8 Å². The molecule has 1 aliphatic heterocycles. The molecule has 0 unspecified atom stereocenters. The lowest BCUT2D eigenvalue weighted by molar-refractivity contribution is 0.357. The minimum atomic E-state index is -0.593. The number of fused-ring (bicyclic) bond motifs is 1. The van der Waals surface area contributed by atoms with Gasteiger partial charge in [-0.25, -0.2) is 9.78 Å². The lowest BCUT2D eigenvalue weighted by Gasteiger charge is -2.16. The summed E-state index contributed by atoms with van der Waals surface area (Å²) in [6, 6.07) is 14.1. The number of hydrogen-bond acceptors (Lipinski definition) is 6. The van der Waals surface area contributed by atoms with Crippen molar-refractivity contribution in [3.63, 3.8) is 0 Å². The number of benzene rings is 2. The van der Waals surface area contributed by atoms with Gasteiger partial charge < -0.3 is 4.74 Å². The molecule has 8 heteroatoms. The smallest absolute Gasteiger partial charge is 0.439 e. The Bertz CT molecular complexity index is 1700. The summed E-state index contributed by atoms with van der Waals surface area (Å²) >= 11 is 0. The molecule has 0 spiro atoms. The van der Waals surface area contributed by atoms with E-state index in [2.05, 4.69) is 17.1 Å². The topological polar surface area (TPSA) is 103 Å². The molecule has 5 rings (SSSR count). The van der Waals surface area contributed by atoms with Crippen molar-refractivity contribution in [3.8, 4) is 11.4 Å². The van der Waals surface area contributed by atoms with Crippen LogP contribution in [0.2, 0.25) is 0 Å². The van der Waals surface area contributed by atoms with Crippen LogP contribution in [0.3, 0.4) is 0 Å². The maximum atomic E-state index is 14.0. The van der Waals surface area contributed by atoms with Crippen molar-refractivity contribution in [1.82, 2.24) is 19.7 Å². The highest BCUT2D eigenvalue weighted by molar-refractivity contribution is 6.03. The van der Waals surface area contributed by atoms with E-state index in [1.165, 1.54) is 0 Å². The highest BCUT2D eigenvalue weighted by Crippen LogP contribution is 2.30. The Labute approximate surface area is 233 Å². The minimum absolute atomic E-state index is 0.0260. The van der Waals surface area contributed by atoms with Crippen molar-refractivity contribution in [3.05, 3.63) is 115 Å². The molecule has 0 fully saturated rings. The largest absolute Gasteiger partial charge is 0.493 e. The number of unbranched alkanes of at least 4 members (excludes halogenated alkanes) is 1. The van der Waals surface area contributed by atoms with Crippen LogP contribution in [0.4, 0.5) is 0 Å². The number of H-pyrrole nitrogens is 1. The molecule has 40 heavy (non-hydrogen) atoms. The van der Waals surface area contributed by atoms with Crippen molar-refractivity contribution >= 4 is 11.1 Å². The minimum Gasteiger partial charge on any atom is -0.493 e. The highest BCUT2D eigenvalue weighted by Gasteiger charge is 2.19. The number of aromatic amines is 1. The third kappa shape index (κ3) is 5.34. The van der Waals surface area contributed by atoms with Gasteiger partial charge in [-0.3, -0.25) is 18.9 Å². The molecule has 1 aliphatic rings. The summed E-state index contributed by atoms with van der Waals surface area (Å²) < 4.78 is 12.1. The van der Waals surface area contributed by atoms with E-state index in [1.807, 2.05) is 75.4 Å². The molecule has 0 radical (unpaired) electrons. The van der Waals surface area contributed by atoms with Gasteiger partial charge in [0, 0.05) is 24.0 Å². The summed E-state index contributed by atoms with van der Waals surface area (Å²) in [6.07, 6.45) is 7.96. The molecular weight excluding hydrogens is 504 g/mol. The van der Waals surface area contributed by atoms with Gasteiger partial charge in [0.25, 0.3) is 5.56 Å². The van der Waals surface area contributed by atoms with E-state index >= 15 is 0 Å². The van der Waals surface area contributed by atoms with Crippen LogP contribution in [0.1, 0.15) is 73.2 Å². The van der Waals surface area contributed by atoms with Gasteiger partial charge >= 0.3 is 5.76 Å². The van der Waals surface area contributed by atoms with E-state index in [4.69, 9.17) is 14.2 Å². The molecule has 0 saturated heterocycles. The molecule has 3 heterocycles. The van der Waals surface area contributed by atoms with E-state index < -0.39 is 5.76 Å². The predicted molar refractivity (Wildman–Crippen MR) is 156 cm³/mol. The van der Waals surface area contributed by atoms with Gasteiger partial charge in [0.2, 0.25) is 0 Å². The second-order valence-electron chi connectivity index (χ2n) is 9.94. The molecule has 8 nitrogen and oxygen atoms in total. The van der Waals surface area contributed by atoms with Crippen LogP contribution < -0.4 is 16.1 Å². The van der Waals surface area contributed by atoms with Crippen LogP contribution in [-0.4, -0.2) is 26.3 Å². The Morgan fingerprint density at radius 1 is 1.07 bits per heavy atom. The average Bonchev–Trinajstić information content (AvgIpc) is 3.61. The summed E-state index contributed by atoms with van der Waals surface area (Å²) in [4.78, 5) is 33.1. The first kappa shape index (κ1) is 27.1. The van der Waals surface area contributed by atoms with Gasteiger partial charge in [-0.05, 0) is 74.1 Å². The fourth-order valence-electron chi connectivity index (χ4n) is 5.31. The number of nitrogens with zero attached hydrogens (tertiary/aromatic N) is 3. The SMILES string of the molecule is C/C=C(\C(=C/C)c1noc(=O)[nH]1)c1ccc(Cc2c(CCCC)nc(C)n(-c3ccc4c(c3)CCO4)c2=O)cc1. The standard InChI is InChI=1S/C32H34N4O4/c1-5-8-9-28-27(31(37)36(20(4)33-28)24-14-15-29-23(19-24)16-17-39-29)18-21-10-12-22(13-11-21)25(6-2)26(7-3)30-34-32(38)40-35-30/h6-7,10-15,19H,5,8-9,16-18H2,1-4H3,(H,34,35,38)/b25-6-,26-7+. The second-order valence-corrected chi connectivity index (χ2v) is 9.94. The monoisotopic (exact) mass is 538 g/mol. The van der Waals surface area contributed by atoms with Crippen LogP contribution >= 0.6 is 0 Å². The van der Waals surface area contributed by atoms with Gasteiger partial charge in [0.15, 0.2) is 5.82 Å². The molecule has 206 valence electrons. The molecule has 0 amide bonds. The van der Waals surface area contributed by atoms with Gasteiger partial charge in [-0.2, -0.15) is 0 Å². The first-order chi connectivity index (χ1) is 19.4. The fraction of sp³-hybridized carbons (Fsp3) is 0.312. The Morgan fingerprint density at radius 2 is 1.85 bits per heavy atom. The Morgan fingerprint density at radius 3 is 2.52 bits per heavy atom. The third-order valence-corrected chi connectivity index (χ3v) is 7.34. The number of rotatable bonds is 9. The van der Waals surface area contributed by atoms with Crippen molar-refractivity contribution in [2.75, 3.05) is 6.61 Å².